The minimum absolute atomic E-state index is 0.619. The van der Waals surface area contributed by atoms with Gasteiger partial charge in [0.05, 0.1) is 0 Å². The van der Waals surface area contributed by atoms with Crippen molar-refractivity contribution in [3.05, 3.63) is 33.8 Å². The summed E-state index contributed by atoms with van der Waals surface area (Å²) in [6, 6.07) is 0. The summed E-state index contributed by atoms with van der Waals surface area (Å²) >= 11 is 9.00. The molecule has 0 aromatic rings. The molecule has 0 radical (unpaired) electrons. The van der Waals surface area contributed by atoms with E-state index in [1.54, 1.807) is 0 Å². The summed E-state index contributed by atoms with van der Waals surface area (Å²) < 4.78 is 0. The third-order valence-electron chi connectivity index (χ3n) is 1.45. The molecule has 68 valence electrons. The van der Waals surface area contributed by atoms with Crippen LogP contribution in [0.5, 0.6) is 0 Å². The first-order chi connectivity index (χ1) is 5.57. The fourth-order valence-corrected chi connectivity index (χ4v) is 1.55. The van der Waals surface area contributed by atoms with E-state index >= 15 is 0 Å². The van der Waals surface area contributed by atoms with Gasteiger partial charge in [-0.3, -0.25) is 0 Å². The van der Waals surface area contributed by atoms with Crippen LogP contribution in [0.25, 0.3) is 0 Å². The summed E-state index contributed by atoms with van der Waals surface area (Å²) in [5.74, 6) is 0. The molecule has 0 rings (SSSR count). The predicted molar refractivity (Wildman–Crippen MR) is 60.7 cm³/mol. The third kappa shape index (κ3) is 5.62. The van der Waals surface area contributed by atoms with Crippen LogP contribution >= 0.6 is 27.5 Å². The van der Waals surface area contributed by atoms with Crippen LogP contribution in [0.15, 0.2) is 33.8 Å². The first-order valence-electron chi connectivity index (χ1n) is 3.85. The molecule has 0 amide bonds. The van der Waals surface area contributed by atoms with Crippen molar-refractivity contribution in [1.82, 2.24) is 0 Å². The normalized spacial score (nSPS) is 11.2. The molecular formula is C10H14BrCl. The van der Waals surface area contributed by atoms with Crippen molar-refractivity contribution in [2.75, 3.05) is 0 Å². The molecule has 0 saturated carbocycles. The number of rotatable bonds is 4. The Morgan fingerprint density at radius 3 is 2.42 bits per heavy atom. The van der Waals surface area contributed by atoms with Gasteiger partial charge in [0.1, 0.15) is 0 Å². The highest BCUT2D eigenvalue weighted by Crippen LogP contribution is 2.19. The van der Waals surface area contributed by atoms with Gasteiger partial charge in [0.2, 0.25) is 0 Å². The van der Waals surface area contributed by atoms with Crippen molar-refractivity contribution in [2.24, 2.45) is 0 Å². The van der Waals surface area contributed by atoms with Crippen LogP contribution in [-0.2, 0) is 0 Å². The standard InChI is InChI=1S/C10H14BrCl/c1-8(2)5-4-6-10(7-11)9(3)12/h5,7H,3-4,6H2,1-2H3/b10-7+. The molecule has 2 heteroatoms. The zero-order chi connectivity index (χ0) is 9.56. The zero-order valence-electron chi connectivity index (χ0n) is 7.53. The topological polar surface area (TPSA) is 0 Å². The lowest BCUT2D eigenvalue weighted by Crippen LogP contribution is -1.80. The predicted octanol–water partition coefficient (Wildman–Crippen LogP) is 4.76. The molecular weight excluding hydrogens is 235 g/mol. The molecule has 0 N–H and O–H groups in total. The van der Waals surface area contributed by atoms with Crippen LogP contribution in [0.3, 0.4) is 0 Å². The zero-order valence-corrected chi connectivity index (χ0v) is 9.87. The molecule has 0 bridgehead atoms. The number of hydrogen-bond acceptors (Lipinski definition) is 0. The van der Waals surface area contributed by atoms with Crippen molar-refractivity contribution in [3.8, 4) is 0 Å². The van der Waals surface area contributed by atoms with Gasteiger partial charge in [-0.05, 0) is 37.2 Å². The van der Waals surface area contributed by atoms with Crippen molar-refractivity contribution in [3.63, 3.8) is 0 Å². The highest BCUT2D eigenvalue weighted by Gasteiger charge is 1.97. The van der Waals surface area contributed by atoms with Crippen LogP contribution in [0, 0.1) is 0 Å². The lowest BCUT2D eigenvalue weighted by atomic mass is 10.1. The fraction of sp³-hybridized carbons (Fsp3) is 0.400. The molecule has 0 unspecified atom stereocenters. The van der Waals surface area contributed by atoms with Gasteiger partial charge in [-0.25, -0.2) is 0 Å². The molecule has 0 fully saturated rings. The van der Waals surface area contributed by atoms with E-state index in [1.165, 1.54) is 5.57 Å². The van der Waals surface area contributed by atoms with E-state index < -0.39 is 0 Å². The Kier molecular flexibility index (Phi) is 6.49. The summed E-state index contributed by atoms with van der Waals surface area (Å²) in [4.78, 5) is 1.83. The van der Waals surface area contributed by atoms with E-state index in [2.05, 4.69) is 42.4 Å². The molecule has 0 heterocycles. The van der Waals surface area contributed by atoms with Crippen molar-refractivity contribution in [1.29, 1.82) is 0 Å². The van der Waals surface area contributed by atoms with Gasteiger partial charge in [-0.15, -0.1) is 0 Å². The van der Waals surface area contributed by atoms with E-state index in [-0.39, 0.29) is 0 Å². The molecule has 0 spiro atoms. The van der Waals surface area contributed by atoms with Crippen LogP contribution < -0.4 is 0 Å². The SMILES string of the molecule is C=C(Cl)/C(=C/Br)CCC=C(C)C. The van der Waals surface area contributed by atoms with E-state index in [0.717, 1.165) is 18.4 Å². The Morgan fingerprint density at radius 2 is 2.08 bits per heavy atom. The maximum atomic E-state index is 5.75. The molecule has 0 saturated heterocycles. The molecule has 0 aliphatic rings. The first-order valence-corrected chi connectivity index (χ1v) is 5.14. The van der Waals surface area contributed by atoms with Crippen LogP contribution in [0.2, 0.25) is 0 Å². The Bertz CT molecular complexity index is 210. The van der Waals surface area contributed by atoms with Gasteiger partial charge in [-0.1, -0.05) is 45.8 Å². The molecule has 0 nitrogen and oxygen atoms in total. The summed E-state index contributed by atoms with van der Waals surface area (Å²) in [6.45, 7) is 7.85. The minimum Gasteiger partial charge on any atom is -0.0856 e. The number of hydrogen-bond donors (Lipinski definition) is 0. The van der Waals surface area contributed by atoms with Gasteiger partial charge in [-0.2, -0.15) is 0 Å². The monoisotopic (exact) mass is 248 g/mol. The summed E-state index contributed by atoms with van der Waals surface area (Å²) in [7, 11) is 0. The van der Waals surface area contributed by atoms with Crippen molar-refractivity contribution in [2.45, 2.75) is 26.7 Å². The quantitative estimate of drug-likeness (QED) is 0.497. The van der Waals surface area contributed by atoms with E-state index in [9.17, 15) is 0 Å². The molecule has 12 heavy (non-hydrogen) atoms. The summed E-state index contributed by atoms with van der Waals surface area (Å²) in [5.41, 5.74) is 2.40. The lowest BCUT2D eigenvalue weighted by molar-refractivity contribution is 0.994. The lowest BCUT2D eigenvalue weighted by Gasteiger charge is -2.00. The van der Waals surface area contributed by atoms with Crippen LogP contribution in [-0.4, -0.2) is 0 Å². The summed E-state index contributed by atoms with van der Waals surface area (Å²) in [5, 5.41) is 0.619. The molecule has 0 aromatic heterocycles. The Labute approximate surface area is 88.1 Å². The van der Waals surface area contributed by atoms with E-state index in [4.69, 9.17) is 11.6 Å². The average Bonchev–Trinajstić information content (AvgIpc) is 1.96. The van der Waals surface area contributed by atoms with Crippen LogP contribution in [0.1, 0.15) is 26.7 Å². The fourth-order valence-electron chi connectivity index (χ4n) is 0.766. The van der Waals surface area contributed by atoms with Crippen molar-refractivity contribution < 1.29 is 0 Å². The molecule has 0 aliphatic carbocycles. The largest absolute Gasteiger partial charge is 0.0856 e. The highest BCUT2D eigenvalue weighted by molar-refractivity contribution is 9.11. The molecule has 0 aromatic carbocycles. The second kappa shape index (κ2) is 6.50. The number of allylic oxidation sites excluding steroid dienone is 4. The van der Waals surface area contributed by atoms with Gasteiger partial charge in [0, 0.05) is 5.03 Å². The maximum absolute atomic E-state index is 5.75. The highest BCUT2D eigenvalue weighted by atomic mass is 79.9. The van der Waals surface area contributed by atoms with Gasteiger partial charge >= 0.3 is 0 Å². The average molecular weight is 250 g/mol. The van der Waals surface area contributed by atoms with Gasteiger partial charge in [0.25, 0.3) is 0 Å². The molecule has 0 aliphatic heterocycles. The Hall–Kier alpha value is -0.0100. The third-order valence-corrected chi connectivity index (χ3v) is 2.24. The Morgan fingerprint density at radius 1 is 1.50 bits per heavy atom. The maximum Gasteiger partial charge on any atom is 0.0371 e. The smallest absolute Gasteiger partial charge is 0.0371 e. The summed E-state index contributed by atoms with van der Waals surface area (Å²) in [6.07, 6.45) is 4.15. The van der Waals surface area contributed by atoms with Crippen molar-refractivity contribution >= 4 is 27.5 Å². The van der Waals surface area contributed by atoms with Crippen LogP contribution in [0.4, 0.5) is 0 Å². The Balaban J connectivity index is 3.92. The van der Waals surface area contributed by atoms with Gasteiger partial charge < -0.3 is 0 Å². The van der Waals surface area contributed by atoms with E-state index in [1.807, 2.05) is 4.99 Å². The second-order valence-electron chi connectivity index (χ2n) is 2.86. The van der Waals surface area contributed by atoms with E-state index in [0.29, 0.717) is 5.03 Å². The molecule has 0 atom stereocenters. The number of halogens is 2. The van der Waals surface area contributed by atoms with Gasteiger partial charge in [0.15, 0.2) is 0 Å². The first kappa shape index (κ1) is 12.0. The second-order valence-corrected chi connectivity index (χ2v) is 3.77. The minimum atomic E-state index is 0.619.